The molecule has 2 heterocycles. The van der Waals surface area contributed by atoms with Crippen molar-refractivity contribution in [2.45, 2.75) is 32.0 Å². The molecule has 0 radical (unpaired) electrons. The second kappa shape index (κ2) is 7.51. The van der Waals surface area contributed by atoms with Crippen LogP contribution in [0.1, 0.15) is 25.5 Å². The number of aromatic hydroxyl groups is 1. The minimum Gasteiger partial charge on any atom is -0.508 e. The quantitative estimate of drug-likeness (QED) is 0.417. The molecule has 30 heavy (non-hydrogen) atoms. The van der Waals surface area contributed by atoms with Gasteiger partial charge in [-0.1, -0.05) is 12.1 Å². The first-order valence-electron chi connectivity index (χ1n) is 9.64. The Balaban J connectivity index is 1.51. The zero-order valence-electron chi connectivity index (χ0n) is 16.7. The summed E-state index contributed by atoms with van der Waals surface area (Å²) in [7, 11) is 0. The number of rotatable bonds is 6. The van der Waals surface area contributed by atoms with Crippen molar-refractivity contribution in [3.8, 4) is 11.5 Å². The number of ether oxygens (including phenoxy) is 1. The van der Waals surface area contributed by atoms with Crippen molar-refractivity contribution in [3.05, 3.63) is 52.4 Å². The van der Waals surface area contributed by atoms with Crippen molar-refractivity contribution in [1.82, 2.24) is 14.9 Å². The van der Waals surface area contributed by atoms with Gasteiger partial charge in [-0.25, -0.2) is 4.79 Å². The number of aliphatic hydroxyl groups is 1. The van der Waals surface area contributed by atoms with Crippen LogP contribution in [-0.2, 0) is 11.3 Å². The molecule has 3 aromatic rings. The molecule has 1 aliphatic heterocycles. The van der Waals surface area contributed by atoms with Gasteiger partial charge in [0.1, 0.15) is 11.5 Å². The number of para-hydroxylation sites is 2. The Labute approximate surface area is 172 Å². The van der Waals surface area contributed by atoms with Gasteiger partial charge in [0.05, 0.1) is 22.8 Å². The van der Waals surface area contributed by atoms with Crippen molar-refractivity contribution >= 4 is 22.6 Å². The highest BCUT2D eigenvalue weighted by atomic mass is 16.5. The molecule has 1 amide bonds. The number of carbonyl (C=O) groups is 1. The van der Waals surface area contributed by atoms with Crippen LogP contribution in [0.3, 0.4) is 0 Å². The molecule has 0 aliphatic carbocycles. The molecule has 9 heteroatoms. The number of amides is 1. The van der Waals surface area contributed by atoms with Gasteiger partial charge >= 0.3 is 5.69 Å². The number of anilines is 1. The van der Waals surface area contributed by atoms with E-state index < -0.39 is 11.6 Å². The van der Waals surface area contributed by atoms with Gasteiger partial charge in [-0.05, 0) is 32.0 Å². The predicted molar refractivity (Wildman–Crippen MR) is 112 cm³/mol. The van der Waals surface area contributed by atoms with E-state index in [1.807, 2.05) is 38.1 Å². The number of aliphatic hydroxyl groups excluding tert-OH is 1. The number of H-pyrrole nitrogens is 1. The average Bonchev–Trinajstić information content (AvgIpc) is 3.00. The second-order valence-corrected chi connectivity index (χ2v) is 8.06. The molecule has 0 spiro atoms. The Morgan fingerprint density at radius 2 is 2.03 bits per heavy atom. The van der Waals surface area contributed by atoms with Crippen molar-refractivity contribution in [2.24, 2.45) is 0 Å². The van der Waals surface area contributed by atoms with Gasteiger partial charge < -0.3 is 30.6 Å². The number of nitrogens with zero attached hydrogens (tertiary/aromatic N) is 1. The van der Waals surface area contributed by atoms with E-state index in [-0.39, 0.29) is 30.5 Å². The zero-order valence-corrected chi connectivity index (χ0v) is 16.7. The number of benzene rings is 2. The predicted octanol–water partition coefficient (Wildman–Crippen LogP) is 1.47. The topological polar surface area (TPSA) is 129 Å². The number of aromatic nitrogens is 2. The van der Waals surface area contributed by atoms with Crippen molar-refractivity contribution in [2.75, 3.05) is 18.5 Å². The fourth-order valence-corrected chi connectivity index (χ4v) is 3.66. The normalized spacial score (nSPS) is 14.8. The molecule has 2 aromatic carbocycles. The summed E-state index contributed by atoms with van der Waals surface area (Å²) in [4.78, 5) is 26.7. The van der Waals surface area contributed by atoms with Crippen molar-refractivity contribution in [1.29, 1.82) is 0 Å². The van der Waals surface area contributed by atoms with Gasteiger partial charge in [0.2, 0.25) is 0 Å². The number of β-amino-alcohol motifs (C(OH)–C–C–N with tert-alkyl or cyclic N) is 1. The summed E-state index contributed by atoms with van der Waals surface area (Å²) in [5.41, 5.74) is 1.55. The van der Waals surface area contributed by atoms with Gasteiger partial charge in [0.25, 0.3) is 5.91 Å². The Morgan fingerprint density at radius 1 is 1.27 bits per heavy atom. The van der Waals surface area contributed by atoms with Gasteiger partial charge in [-0.15, -0.1) is 0 Å². The standard InChI is InChI=1S/C21H24N4O5/c1-21(2,11-25-16-6-4-3-5-14(16)24-20(25)29)22-9-17(27)13-7-12(26)8-15-19(13)30-10-18(28)23-15/h3-8,17,22,26-27H,9-11H2,1-2H3,(H,23,28)(H,24,29)/t17-/m0/s1. The van der Waals surface area contributed by atoms with Crippen LogP contribution in [0, 0.1) is 0 Å². The van der Waals surface area contributed by atoms with E-state index in [2.05, 4.69) is 15.6 Å². The maximum atomic E-state index is 12.4. The molecular weight excluding hydrogens is 388 g/mol. The van der Waals surface area contributed by atoms with Crippen LogP contribution in [-0.4, -0.2) is 44.4 Å². The zero-order chi connectivity index (χ0) is 21.5. The first-order chi connectivity index (χ1) is 14.2. The average molecular weight is 412 g/mol. The number of nitrogens with one attached hydrogen (secondary N) is 3. The lowest BCUT2D eigenvalue weighted by molar-refractivity contribution is -0.118. The van der Waals surface area contributed by atoms with E-state index in [1.54, 1.807) is 4.57 Å². The molecule has 9 nitrogen and oxygen atoms in total. The Morgan fingerprint density at radius 3 is 2.83 bits per heavy atom. The third-order valence-electron chi connectivity index (χ3n) is 5.09. The fourth-order valence-electron chi connectivity index (χ4n) is 3.66. The maximum absolute atomic E-state index is 12.4. The number of phenols is 1. The van der Waals surface area contributed by atoms with E-state index in [4.69, 9.17) is 4.74 Å². The summed E-state index contributed by atoms with van der Waals surface area (Å²) in [5, 5.41) is 26.6. The summed E-state index contributed by atoms with van der Waals surface area (Å²) in [6.45, 7) is 4.25. The molecule has 0 bridgehead atoms. The minimum absolute atomic E-state index is 0.0850. The van der Waals surface area contributed by atoms with Gasteiger partial charge in [-0.2, -0.15) is 0 Å². The van der Waals surface area contributed by atoms with Crippen LogP contribution < -0.4 is 21.1 Å². The molecule has 1 aliphatic rings. The second-order valence-electron chi connectivity index (χ2n) is 8.06. The van der Waals surface area contributed by atoms with Gasteiger partial charge in [0, 0.05) is 30.3 Å². The summed E-state index contributed by atoms with van der Waals surface area (Å²) < 4.78 is 7.12. The molecule has 5 N–H and O–H groups in total. The fraction of sp³-hybridized carbons (Fsp3) is 0.333. The first-order valence-corrected chi connectivity index (χ1v) is 9.64. The van der Waals surface area contributed by atoms with Gasteiger partial charge in [0.15, 0.2) is 6.61 Å². The van der Waals surface area contributed by atoms with Crippen LogP contribution in [0.5, 0.6) is 11.5 Å². The molecule has 1 aromatic heterocycles. The highest BCUT2D eigenvalue weighted by Crippen LogP contribution is 2.38. The minimum atomic E-state index is -1.00. The third-order valence-corrected chi connectivity index (χ3v) is 5.09. The number of phenolic OH excluding ortho intramolecular Hbond substituents is 1. The molecular formula is C21H24N4O5. The summed E-state index contributed by atoms with van der Waals surface area (Å²) in [6.07, 6.45) is -1.00. The Hall–Kier alpha value is -3.30. The number of fused-ring (bicyclic) bond motifs is 2. The van der Waals surface area contributed by atoms with Crippen molar-refractivity contribution < 1.29 is 19.7 Å². The van der Waals surface area contributed by atoms with E-state index >= 15 is 0 Å². The molecule has 0 saturated carbocycles. The maximum Gasteiger partial charge on any atom is 0.326 e. The summed E-state index contributed by atoms with van der Waals surface area (Å²) in [6, 6.07) is 10.3. The number of imidazole rings is 1. The number of hydrogen-bond acceptors (Lipinski definition) is 6. The lowest BCUT2D eigenvalue weighted by Gasteiger charge is -2.29. The molecule has 4 rings (SSSR count). The highest BCUT2D eigenvalue weighted by Gasteiger charge is 2.26. The largest absolute Gasteiger partial charge is 0.508 e. The highest BCUT2D eigenvalue weighted by molar-refractivity contribution is 5.96. The lowest BCUT2D eigenvalue weighted by Crippen LogP contribution is -2.46. The van der Waals surface area contributed by atoms with E-state index in [9.17, 15) is 19.8 Å². The number of aromatic amines is 1. The smallest absolute Gasteiger partial charge is 0.326 e. The monoisotopic (exact) mass is 412 g/mol. The van der Waals surface area contributed by atoms with Crippen LogP contribution in [0.15, 0.2) is 41.2 Å². The van der Waals surface area contributed by atoms with Crippen LogP contribution in [0.25, 0.3) is 11.0 Å². The van der Waals surface area contributed by atoms with Crippen LogP contribution >= 0.6 is 0 Å². The lowest BCUT2D eigenvalue weighted by atomic mass is 10.0. The third kappa shape index (κ3) is 3.89. The first kappa shape index (κ1) is 20.0. The van der Waals surface area contributed by atoms with E-state index in [0.29, 0.717) is 23.5 Å². The summed E-state index contributed by atoms with van der Waals surface area (Å²) >= 11 is 0. The molecule has 0 unspecified atom stereocenters. The van der Waals surface area contributed by atoms with E-state index in [1.165, 1.54) is 12.1 Å². The number of carbonyl (C=O) groups excluding carboxylic acids is 1. The molecule has 1 atom stereocenters. The molecule has 158 valence electrons. The van der Waals surface area contributed by atoms with Crippen molar-refractivity contribution in [3.63, 3.8) is 0 Å². The Bertz CT molecular complexity index is 1160. The SMILES string of the molecule is CC(C)(Cn1c(=O)[nH]c2ccccc21)NC[C@H](O)c1cc(O)cc2c1OCC(=O)N2. The van der Waals surface area contributed by atoms with Crippen LogP contribution in [0.4, 0.5) is 5.69 Å². The number of hydrogen-bond donors (Lipinski definition) is 5. The van der Waals surface area contributed by atoms with E-state index in [0.717, 1.165) is 11.0 Å². The van der Waals surface area contributed by atoms with Gasteiger partial charge in [-0.3, -0.25) is 9.36 Å². The molecule has 0 fully saturated rings. The molecule has 0 saturated heterocycles. The van der Waals surface area contributed by atoms with Crippen LogP contribution in [0.2, 0.25) is 0 Å². The Kier molecular flexibility index (Phi) is 5.00. The summed E-state index contributed by atoms with van der Waals surface area (Å²) in [5.74, 6) is -0.0671.